The van der Waals surface area contributed by atoms with Crippen LogP contribution in [0.1, 0.15) is 52.4 Å². The lowest BCUT2D eigenvalue weighted by Crippen LogP contribution is -2.49. The van der Waals surface area contributed by atoms with Gasteiger partial charge in [0, 0.05) is 25.2 Å². The summed E-state index contributed by atoms with van der Waals surface area (Å²) in [6.07, 6.45) is 8.74. The van der Waals surface area contributed by atoms with Gasteiger partial charge in [-0.1, -0.05) is 26.2 Å². The summed E-state index contributed by atoms with van der Waals surface area (Å²) < 4.78 is 5.71. The van der Waals surface area contributed by atoms with E-state index in [0.717, 1.165) is 19.1 Å². The Morgan fingerprint density at radius 2 is 1.95 bits per heavy atom. The molecule has 0 aromatic carbocycles. The quantitative estimate of drug-likeness (QED) is 0.801. The Morgan fingerprint density at radius 1 is 1.21 bits per heavy atom. The highest BCUT2D eigenvalue weighted by Gasteiger charge is 2.31. The van der Waals surface area contributed by atoms with Crippen LogP contribution in [0, 0.1) is 5.92 Å². The third-order valence-corrected chi connectivity index (χ3v) is 5.07. The maximum atomic E-state index is 5.71. The second kappa shape index (κ2) is 7.61. The molecular weight excluding hydrogens is 236 g/mol. The summed E-state index contributed by atoms with van der Waals surface area (Å²) in [6, 6.07) is 1.29. The van der Waals surface area contributed by atoms with Crippen LogP contribution in [0.2, 0.25) is 0 Å². The Labute approximate surface area is 119 Å². The van der Waals surface area contributed by atoms with Gasteiger partial charge in [0.25, 0.3) is 0 Å². The lowest BCUT2D eigenvalue weighted by atomic mass is 9.83. The molecule has 0 bridgehead atoms. The van der Waals surface area contributed by atoms with Gasteiger partial charge in [-0.3, -0.25) is 4.90 Å². The molecule has 3 atom stereocenters. The van der Waals surface area contributed by atoms with Gasteiger partial charge in [-0.25, -0.2) is 0 Å². The second-order valence-electron chi connectivity index (χ2n) is 6.43. The number of hydrogen-bond acceptors (Lipinski definition) is 3. The Morgan fingerprint density at radius 3 is 2.53 bits per heavy atom. The minimum absolute atomic E-state index is 0.402. The van der Waals surface area contributed by atoms with Gasteiger partial charge in [0.15, 0.2) is 0 Å². The lowest BCUT2D eigenvalue weighted by molar-refractivity contribution is 0.0754. The van der Waals surface area contributed by atoms with Gasteiger partial charge >= 0.3 is 0 Å². The number of nitrogens with one attached hydrogen (secondary N) is 1. The van der Waals surface area contributed by atoms with E-state index in [0.29, 0.717) is 18.2 Å². The van der Waals surface area contributed by atoms with Crippen molar-refractivity contribution >= 4 is 0 Å². The number of ether oxygens (including phenoxy) is 1. The Kier molecular flexibility index (Phi) is 6.11. The van der Waals surface area contributed by atoms with Crippen molar-refractivity contribution in [2.75, 3.05) is 26.7 Å². The van der Waals surface area contributed by atoms with Crippen LogP contribution < -0.4 is 5.32 Å². The molecule has 2 aliphatic rings. The summed E-state index contributed by atoms with van der Waals surface area (Å²) in [5.41, 5.74) is 0. The lowest BCUT2D eigenvalue weighted by Gasteiger charge is -2.36. The van der Waals surface area contributed by atoms with Crippen molar-refractivity contribution in [1.29, 1.82) is 0 Å². The van der Waals surface area contributed by atoms with Gasteiger partial charge in [0.1, 0.15) is 0 Å². The molecule has 112 valence electrons. The molecule has 1 N–H and O–H groups in total. The Balaban J connectivity index is 1.87. The Hall–Kier alpha value is -0.120. The van der Waals surface area contributed by atoms with Gasteiger partial charge in [-0.05, 0) is 45.7 Å². The van der Waals surface area contributed by atoms with E-state index >= 15 is 0 Å². The number of rotatable bonds is 6. The van der Waals surface area contributed by atoms with Crippen LogP contribution >= 0.6 is 0 Å². The van der Waals surface area contributed by atoms with Crippen LogP contribution in [0.25, 0.3) is 0 Å². The van der Waals surface area contributed by atoms with Crippen LogP contribution in [0.15, 0.2) is 0 Å². The summed E-state index contributed by atoms with van der Waals surface area (Å²) in [7, 11) is 2.28. The molecule has 3 nitrogen and oxygen atoms in total. The molecule has 0 radical (unpaired) electrons. The highest BCUT2D eigenvalue weighted by molar-refractivity contribution is 4.86. The molecule has 3 heteroatoms. The monoisotopic (exact) mass is 268 g/mol. The molecule has 0 spiro atoms. The van der Waals surface area contributed by atoms with Crippen molar-refractivity contribution in [3.8, 4) is 0 Å². The maximum Gasteiger partial charge on any atom is 0.0702 e. The standard InChI is InChI=1S/C16H32N2O/c1-4-17-15(14-8-6-5-7-9-14)12-18(3)16-10-11-19-13(16)2/h13-17H,4-12H2,1-3H3. The molecule has 19 heavy (non-hydrogen) atoms. The molecule has 0 aromatic rings. The van der Waals surface area contributed by atoms with E-state index in [9.17, 15) is 0 Å². The van der Waals surface area contributed by atoms with Gasteiger partial charge in [-0.15, -0.1) is 0 Å². The minimum Gasteiger partial charge on any atom is -0.377 e. The number of hydrogen-bond donors (Lipinski definition) is 1. The van der Waals surface area contributed by atoms with E-state index in [2.05, 4.69) is 31.1 Å². The molecule has 2 rings (SSSR count). The highest BCUT2D eigenvalue weighted by atomic mass is 16.5. The van der Waals surface area contributed by atoms with E-state index in [1.54, 1.807) is 0 Å². The average Bonchev–Trinajstić information content (AvgIpc) is 2.85. The summed E-state index contributed by atoms with van der Waals surface area (Å²) in [4.78, 5) is 2.54. The molecule has 0 aromatic heterocycles. The first-order chi connectivity index (χ1) is 9.22. The first-order valence-corrected chi connectivity index (χ1v) is 8.27. The summed E-state index contributed by atoms with van der Waals surface area (Å²) in [5.74, 6) is 0.883. The fraction of sp³-hybridized carbons (Fsp3) is 1.00. The fourth-order valence-electron chi connectivity index (χ4n) is 3.92. The van der Waals surface area contributed by atoms with Crippen molar-refractivity contribution in [2.45, 2.75) is 70.6 Å². The van der Waals surface area contributed by atoms with Crippen LogP contribution in [0.4, 0.5) is 0 Å². The molecule has 1 saturated carbocycles. The van der Waals surface area contributed by atoms with E-state index in [-0.39, 0.29) is 0 Å². The first kappa shape index (κ1) is 15.3. The molecule has 1 heterocycles. The molecule has 1 aliphatic carbocycles. The molecule has 1 saturated heterocycles. The van der Waals surface area contributed by atoms with Gasteiger partial charge in [0.05, 0.1) is 6.10 Å². The van der Waals surface area contributed by atoms with E-state index in [4.69, 9.17) is 4.74 Å². The average molecular weight is 268 g/mol. The SMILES string of the molecule is CCNC(CN(C)C1CCOC1C)C1CCCCC1. The van der Waals surface area contributed by atoms with Gasteiger partial charge < -0.3 is 10.1 Å². The Bertz CT molecular complexity index is 253. The number of likely N-dealkylation sites (N-methyl/N-ethyl adjacent to an activating group) is 2. The van der Waals surface area contributed by atoms with Gasteiger partial charge in [0.2, 0.25) is 0 Å². The second-order valence-corrected chi connectivity index (χ2v) is 6.43. The maximum absolute atomic E-state index is 5.71. The zero-order valence-corrected chi connectivity index (χ0v) is 13.0. The number of nitrogens with zero attached hydrogens (tertiary/aromatic N) is 1. The predicted octanol–water partition coefficient (Wildman–Crippen LogP) is 2.65. The largest absolute Gasteiger partial charge is 0.377 e. The smallest absolute Gasteiger partial charge is 0.0702 e. The first-order valence-electron chi connectivity index (χ1n) is 8.27. The van der Waals surface area contributed by atoms with Crippen LogP contribution in [0.5, 0.6) is 0 Å². The molecule has 2 fully saturated rings. The molecule has 3 unspecified atom stereocenters. The van der Waals surface area contributed by atoms with Crippen molar-refractivity contribution in [3.05, 3.63) is 0 Å². The zero-order valence-electron chi connectivity index (χ0n) is 13.0. The topological polar surface area (TPSA) is 24.5 Å². The third-order valence-electron chi connectivity index (χ3n) is 5.07. The van der Waals surface area contributed by atoms with Crippen LogP contribution in [-0.4, -0.2) is 49.8 Å². The third kappa shape index (κ3) is 4.17. The summed E-state index contributed by atoms with van der Waals surface area (Å²) >= 11 is 0. The van der Waals surface area contributed by atoms with E-state index < -0.39 is 0 Å². The normalized spacial score (nSPS) is 30.9. The van der Waals surface area contributed by atoms with Crippen molar-refractivity contribution < 1.29 is 4.74 Å². The van der Waals surface area contributed by atoms with E-state index in [1.165, 1.54) is 45.1 Å². The molecule has 0 amide bonds. The van der Waals surface area contributed by atoms with Gasteiger partial charge in [-0.2, -0.15) is 0 Å². The van der Waals surface area contributed by atoms with Crippen LogP contribution in [-0.2, 0) is 4.74 Å². The van der Waals surface area contributed by atoms with Crippen molar-refractivity contribution in [2.24, 2.45) is 5.92 Å². The molecular formula is C16H32N2O. The predicted molar refractivity (Wildman–Crippen MR) is 80.5 cm³/mol. The fourth-order valence-corrected chi connectivity index (χ4v) is 3.92. The minimum atomic E-state index is 0.402. The van der Waals surface area contributed by atoms with Crippen molar-refractivity contribution in [1.82, 2.24) is 10.2 Å². The van der Waals surface area contributed by atoms with E-state index in [1.807, 2.05) is 0 Å². The summed E-state index contributed by atoms with van der Waals surface area (Å²) in [5, 5.41) is 3.74. The van der Waals surface area contributed by atoms with Crippen molar-refractivity contribution in [3.63, 3.8) is 0 Å². The summed E-state index contributed by atoms with van der Waals surface area (Å²) in [6.45, 7) is 7.65. The van der Waals surface area contributed by atoms with Crippen LogP contribution in [0.3, 0.4) is 0 Å². The zero-order chi connectivity index (χ0) is 13.7. The highest BCUT2D eigenvalue weighted by Crippen LogP contribution is 2.28. The molecule has 1 aliphatic heterocycles.